The molecule has 0 saturated heterocycles. The van der Waals surface area contributed by atoms with Crippen LogP contribution in [0.25, 0.3) is 0 Å². The molecule has 0 aliphatic heterocycles. The van der Waals surface area contributed by atoms with E-state index in [0.717, 1.165) is 24.9 Å². The minimum atomic E-state index is 0.437. The third-order valence-corrected chi connectivity index (χ3v) is 4.73. The Hall–Kier alpha value is -0.0800. The van der Waals surface area contributed by atoms with Crippen molar-refractivity contribution in [1.29, 1.82) is 0 Å². The van der Waals surface area contributed by atoms with Crippen LogP contribution in [0, 0.1) is 11.8 Å². The average molecular weight is 240 g/mol. The van der Waals surface area contributed by atoms with E-state index in [9.17, 15) is 0 Å². The predicted octanol–water partition coefficient (Wildman–Crippen LogP) is 3.18. The molecular weight excluding hydrogens is 208 g/mol. The van der Waals surface area contributed by atoms with Gasteiger partial charge in [-0.15, -0.1) is 0 Å². The van der Waals surface area contributed by atoms with E-state index in [1.54, 1.807) is 0 Å². The summed E-state index contributed by atoms with van der Waals surface area (Å²) in [6.45, 7) is 9.28. The standard InChI is InChI=1S/C15H32N2/c1-13(2)14(3)12-17-11-10-15(16-4)8-6-5-7-9-15/h13-14,16-17H,5-12H2,1-4H3. The summed E-state index contributed by atoms with van der Waals surface area (Å²) in [4.78, 5) is 0. The monoisotopic (exact) mass is 240 g/mol. The molecule has 0 spiro atoms. The van der Waals surface area contributed by atoms with E-state index in [0.29, 0.717) is 5.54 Å². The highest BCUT2D eigenvalue weighted by atomic mass is 15.0. The molecule has 0 aromatic rings. The van der Waals surface area contributed by atoms with E-state index in [2.05, 4.69) is 38.5 Å². The Labute approximate surface area is 108 Å². The van der Waals surface area contributed by atoms with Gasteiger partial charge in [-0.2, -0.15) is 0 Å². The lowest BCUT2D eigenvalue weighted by atomic mass is 9.79. The van der Waals surface area contributed by atoms with Gasteiger partial charge in [0.2, 0.25) is 0 Å². The summed E-state index contributed by atoms with van der Waals surface area (Å²) in [7, 11) is 2.14. The molecular formula is C15H32N2. The highest BCUT2D eigenvalue weighted by Crippen LogP contribution is 2.30. The Kier molecular flexibility index (Phi) is 6.50. The van der Waals surface area contributed by atoms with Crippen LogP contribution in [-0.4, -0.2) is 25.7 Å². The lowest BCUT2D eigenvalue weighted by molar-refractivity contribution is 0.226. The molecule has 2 heteroatoms. The van der Waals surface area contributed by atoms with Crippen molar-refractivity contribution >= 4 is 0 Å². The van der Waals surface area contributed by atoms with Crippen LogP contribution in [0.15, 0.2) is 0 Å². The smallest absolute Gasteiger partial charge is 0.0190 e. The lowest BCUT2D eigenvalue weighted by Gasteiger charge is -2.37. The third kappa shape index (κ3) is 4.97. The summed E-state index contributed by atoms with van der Waals surface area (Å²) in [6.07, 6.45) is 8.26. The van der Waals surface area contributed by atoms with Crippen LogP contribution in [0.2, 0.25) is 0 Å². The van der Waals surface area contributed by atoms with Crippen LogP contribution < -0.4 is 10.6 Å². The quantitative estimate of drug-likeness (QED) is 0.668. The van der Waals surface area contributed by atoms with Gasteiger partial charge in [0.1, 0.15) is 0 Å². The molecule has 1 rings (SSSR count). The predicted molar refractivity (Wildman–Crippen MR) is 76.4 cm³/mol. The van der Waals surface area contributed by atoms with Gasteiger partial charge in [0, 0.05) is 5.54 Å². The molecule has 0 bridgehead atoms. The van der Waals surface area contributed by atoms with Gasteiger partial charge in [-0.1, -0.05) is 40.0 Å². The van der Waals surface area contributed by atoms with Gasteiger partial charge >= 0.3 is 0 Å². The largest absolute Gasteiger partial charge is 0.316 e. The number of rotatable bonds is 7. The van der Waals surface area contributed by atoms with Crippen LogP contribution in [0.1, 0.15) is 59.3 Å². The van der Waals surface area contributed by atoms with Crippen LogP contribution in [0.3, 0.4) is 0 Å². The van der Waals surface area contributed by atoms with E-state index in [-0.39, 0.29) is 0 Å². The molecule has 0 amide bonds. The van der Waals surface area contributed by atoms with E-state index in [4.69, 9.17) is 0 Å². The molecule has 1 saturated carbocycles. The Morgan fingerprint density at radius 2 is 1.71 bits per heavy atom. The van der Waals surface area contributed by atoms with Crippen molar-refractivity contribution < 1.29 is 0 Å². The second-order valence-electron chi connectivity index (χ2n) is 6.27. The summed E-state index contributed by atoms with van der Waals surface area (Å²) in [5.74, 6) is 1.57. The van der Waals surface area contributed by atoms with E-state index >= 15 is 0 Å². The molecule has 1 aliphatic rings. The fourth-order valence-electron chi connectivity index (χ4n) is 2.75. The zero-order valence-corrected chi connectivity index (χ0v) is 12.3. The van der Waals surface area contributed by atoms with Gasteiger partial charge in [-0.05, 0) is 51.2 Å². The average Bonchev–Trinajstić information content (AvgIpc) is 2.35. The molecule has 2 nitrogen and oxygen atoms in total. The molecule has 0 radical (unpaired) electrons. The van der Waals surface area contributed by atoms with Gasteiger partial charge in [0.05, 0.1) is 0 Å². The van der Waals surface area contributed by atoms with Crippen LogP contribution in [0.4, 0.5) is 0 Å². The van der Waals surface area contributed by atoms with E-state index in [1.807, 2.05) is 0 Å². The molecule has 17 heavy (non-hydrogen) atoms. The maximum absolute atomic E-state index is 3.63. The van der Waals surface area contributed by atoms with Crippen LogP contribution in [-0.2, 0) is 0 Å². The second kappa shape index (κ2) is 7.38. The first kappa shape index (κ1) is 15.0. The summed E-state index contributed by atoms with van der Waals surface area (Å²) in [6, 6.07) is 0. The minimum Gasteiger partial charge on any atom is -0.316 e. The first-order chi connectivity index (χ1) is 8.09. The molecule has 1 fully saturated rings. The molecule has 0 heterocycles. The van der Waals surface area contributed by atoms with Crippen molar-refractivity contribution in [2.24, 2.45) is 11.8 Å². The first-order valence-corrected chi connectivity index (χ1v) is 7.49. The Balaban J connectivity index is 2.19. The van der Waals surface area contributed by atoms with Crippen LogP contribution in [0.5, 0.6) is 0 Å². The number of hydrogen-bond acceptors (Lipinski definition) is 2. The first-order valence-electron chi connectivity index (χ1n) is 7.49. The molecule has 0 aromatic carbocycles. The van der Waals surface area contributed by atoms with E-state index in [1.165, 1.54) is 38.5 Å². The Bertz CT molecular complexity index is 195. The van der Waals surface area contributed by atoms with Crippen molar-refractivity contribution in [3.05, 3.63) is 0 Å². The topological polar surface area (TPSA) is 24.1 Å². The number of hydrogen-bond donors (Lipinski definition) is 2. The van der Waals surface area contributed by atoms with Crippen molar-refractivity contribution in [2.45, 2.75) is 64.8 Å². The highest BCUT2D eigenvalue weighted by Gasteiger charge is 2.29. The fraction of sp³-hybridized carbons (Fsp3) is 1.00. The second-order valence-corrected chi connectivity index (χ2v) is 6.27. The van der Waals surface area contributed by atoms with Crippen molar-refractivity contribution in [2.75, 3.05) is 20.1 Å². The molecule has 0 aromatic heterocycles. The molecule has 1 unspecified atom stereocenters. The Morgan fingerprint density at radius 1 is 1.06 bits per heavy atom. The number of nitrogens with one attached hydrogen (secondary N) is 2. The van der Waals surface area contributed by atoms with Gasteiger partial charge in [-0.3, -0.25) is 0 Å². The maximum atomic E-state index is 3.63. The summed E-state index contributed by atoms with van der Waals surface area (Å²) in [5, 5.41) is 7.22. The zero-order chi connectivity index (χ0) is 12.7. The summed E-state index contributed by atoms with van der Waals surface area (Å²) < 4.78 is 0. The summed E-state index contributed by atoms with van der Waals surface area (Å²) >= 11 is 0. The highest BCUT2D eigenvalue weighted by molar-refractivity contribution is 4.90. The van der Waals surface area contributed by atoms with Crippen molar-refractivity contribution in [3.8, 4) is 0 Å². The van der Waals surface area contributed by atoms with Gasteiger partial charge in [0.15, 0.2) is 0 Å². The SMILES string of the molecule is CNC1(CCNCC(C)C(C)C)CCCCC1. The van der Waals surface area contributed by atoms with Crippen molar-refractivity contribution in [1.82, 2.24) is 10.6 Å². The third-order valence-electron chi connectivity index (χ3n) is 4.73. The lowest BCUT2D eigenvalue weighted by Crippen LogP contribution is -2.46. The Morgan fingerprint density at radius 3 is 2.24 bits per heavy atom. The zero-order valence-electron chi connectivity index (χ0n) is 12.3. The normalized spacial score (nSPS) is 21.7. The van der Waals surface area contributed by atoms with Gasteiger partial charge in [-0.25, -0.2) is 0 Å². The molecule has 1 atom stereocenters. The van der Waals surface area contributed by atoms with Crippen molar-refractivity contribution in [3.63, 3.8) is 0 Å². The fourth-order valence-corrected chi connectivity index (χ4v) is 2.75. The van der Waals surface area contributed by atoms with E-state index < -0.39 is 0 Å². The molecule has 2 N–H and O–H groups in total. The minimum absolute atomic E-state index is 0.437. The molecule has 102 valence electrons. The van der Waals surface area contributed by atoms with Gasteiger partial charge < -0.3 is 10.6 Å². The van der Waals surface area contributed by atoms with Crippen LogP contribution >= 0.6 is 0 Å². The van der Waals surface area contributed by atoms with Gasteiger partial charge in [0.25, 0.3) is 0 Å². The summed E-state index contributed by atoms with van der Waals surface area (Å²) in [5.41, 5.74) is 0.437. The molecule has 1 aliphatic carbocycles. The maximum Gasteiger partial charge on any atom is 0.0190 e.